The molecule has 5 heteroatoms. The Kier molecular flexibility index (Phi) is 3.71. The van der Waals surface area contributed by atoms with Gasteiger partial charge in [-0.05, 0) is 32.6 Å². The first kappa shape index (κ1) is 13.1. The third kappa shape index (κ3) is 2.72. The van der Waals surface area contributed by atoms with Crippen LogP contribution in [0, 0.1) is 5.92 Å². The van der Waals surface area contributed by atoms with E-state index in [4.69, 9.17) is 9.47 Å². The summed E-state index contributed by atoms with van der Waals surface area (Å²) in [5, 5.41) is 3.55. The van der Waals surface area contributed by atoms with Crippen LogP contribution in [-0.2, 0) is 6.54 Å². The molecule has 0 bridgehead atoms. The van der Waals surface area contributed by atoms with Crippen LogP contribution in [0.1, 0.15) is 32.3 Å². The summed E-state index contributed by atoms with van der Waals surface area (Å²) in [5.74, 6) is 1.90. The van der Waals surface area contributed by atoms with E-state index in [1.807, 2.05) is 0 Å². The van der Waals surface area contributed by atoms with Gasteiger partial charge in [-0.15, -0.1) is 0 Å². The normalized spacial score (nSPS) is 15.6. The van der Waals surface area contributed by atoms with Crippen LogP contribution in [0.3, 0.4) is 0 Å². The minimum absolute atomic E-state index is 0.131. The SMILES string of the molecule is COc1ncnc(OC)c1CNC(C)(C)C1CC1. The summed E-state index contributed by atoms with van der Waals surface area (Å²) in [6, 6.07) is 0. The Labute approximate surface area is 108 Å². The van der Waals surface area contributed by atoms with E-state index in [1.165, 1.54) is 19.2 Å². The van der Waals surface area contributed by atoms with Crippen LogP contribution in [0.2, 0.25) is 0 Å². The molecule has 0 aromatic carbocycles. The van der Waals surface area contributed by atoms with E-state index in [0.717, 1.165) is 11.5 Å². The molecule has 18 heavy (non-hydrogen) atoms. The van der Waals surface area contributed by atoms with Crippen molar-refractivity contribution in [2.24, 2.45) is 5.92 Å². The predicted octanol–water partition coefficient (Wildman–Crippen LogP) is 1.77. The van der Waals surface area contributed by atoms with Crippen molar-refractivity contribution in [3.8, 4) is 11.8 Å². The molecule has 100 valence electrons. The highest BCUT2D eigenvalue weighted by atomic mass is 16.5. The van der Waals surface area contributed by atoms with E-state index in [2.05, 4.69) is 29.1 Å². The van der Waals surface area contributed by atoms with E-state index in [-0.39, 0.29) is 5.54 Å². The van der Waals surface area contributed by atoms with Crippen molar-refractivity contribution in [2.75, 3.05) is 14.2 Å². The molecular weight excluding hydrogens is 230 g/mol. The van der Waals surface area contributed by atoms with Gasteiger partial charge in [-0.2, -0.15) is 0 Å². The van der Waals surface area contributed by atoms with Crippen molar-refractivity contribution in [1.82, 2.24) is 15.3 Å². The molecule has 1 aliphatic carbocycles. The van der Waals surface area contributed by atoms with Crippen LogP contribution in [-0.4, -0.2) is 29.7 Å². The molecule has 1 N–H and O–H groups in total. The second-order valence-corrected chi connectivity index (χ2v) is 5.22. The molecule has 0 amide bonds. The lowest BCUT2D eigenvalue weighted by Crippen LogP contribution is -2.40. The van der Waals surface area contributed by atoms with Crippen LogP contribution in [0.4, 0.5) is 0 Å². The van der Waals surface area contributed by atoms with E-state index in [0.29, 0.717) is 18.3 Å². The van der Waals surface area contributed by atoms with Gasteiger partial charge in [-0.25, -0.2) is 9.97 Å². The number of nitrogens with zero attached hydrogens (tertiary/aromatic N) is 2. The fourth-order valence-electron chi connectivity index (χ4n) is 2.15. The predicted molar refractivity (Wildman–Crippen MR) is 68.8 cm³/mol. The third-order valence-corrected chi connectivity index (χ3v) is 3.57. The van der Waals surface area contributed by atoms with Gasteiger partial charge in [-0.1, -0.05) is 0 Å². The van der Waals surface area contributed by atoms with Crippen molar-refractivity contribution in [3.05, 3.63) is 11.9 Å². The van der Waals surface area contributed by atoms with Crippen LogP contribution < -0.4 is 14.8 Å². The molecular formula is C13H21N3O2. The van der Waals surface area contributed by atoms with Gasteiger partial charge in [0, 0.05) is 12.1 Å². The Bertz CT molecular complexity index is 394. The van der Waals surface area contributed by atoms with Gasteiger partial charge >= 0.3 is 0 Å². The van der Waals surface area contributed by atoms with Crippen LogP contribution in [0.5, 0.6) is 11.8 Å². The number of rotatable bonds is 6. The van der Waals surface area contributed by atoms with Crippen LogP contribution in [0.15, 0.2) is 6.33 Å². The van der Waals surface area contributed by atoms with Gasteiger partial charge in [0.25, 0.3) is 0 Å². The lowest BCUT2D eigenvalue weighted by molar-refractivity contribution is 0.320. The summed E-state index contributed by atoms with van der Waals surface area (Å²) >= 11 is 0. The minimum Gasteiger partial charge on any atom is -0.481 e. The van der Waals surface area contributed by atoms with Gasteiger partial charge in [-0.3, -0.25) is 0 Å². The van der Waals surface area contributed by atoms with Crippen molar-refractivity contribution in [3.63, 3.8) is 0 Å². The van der Waals surface area contributed by atoms with Gasteiger partial charge in [0.15, 0.2) is 0 Å². The highest BCUT2D eigenvalue weighted by Gasteiger charge is 2.37. The van der Waals surface area contributed by atoms with E-state index >= 15 is 0 Å². The highest BCUT2D eigenvalue weighted by molar-refractivity contribution is 5.34. The highest BCUT2D eigenvalue weighted by Crippen LogP contribution is 2.39. The fraction of sp³-hybridized carbons (Fsp3) is 0.692. The molecule has 1 aliphatic rings. The fourth-order valence-corrected chi connectivity index (χ4v) is 2.15. The monoisotopic (exact) mass is 251 g/mol. The second-order valence-electron chi connectivity index (χ2n) is 5.22. The third-order valence-electron chi connectivity index (χ3n) is 3.57. The summed E-state index contributed by atoms with van der Waals surface area (Å²) in [4.78, 5) is 8.23. The van der Waals surface area contributed by atoms with E-state index < -0.39 is 0 Å². The molecule has 0 saturated heterocycles. The van der Waals surface area contributed by atoms with Crippen molar-refractivity contribution in [2.45, 2.75) is 38.8 Å². The lowest BCUT2D eigenvalue weighted by Gasteiger charge is -2.26. The van der Waals surface area contributed by atoms with Crippen molar-refractivity contribution >= 4 is 0 Å². The number of ether oxygens (including phenoxy) is 2. The molecule has 0 aliphatic heterocycles. The first-order valence-electron chi connectivity index (χ1n) is 6.25. The smallest absolute Gasteiger partial charge is 0.224 e. The summed E-state index contributed by atoms with van der Waals surface area (Å²) in [5.41, 5.74) is 1.00. The Balaban J connectivity index is 2.12. The Morgan fingerprint density at radius 2 is 1.78 bits per heavy atom. The zero-order valence-corrected chi connectivity index (χ0v) is 11.5. The first-order chi connectivity index (χ1) is 8.58. The van der Waals surface area contributed by atoms with E-state index in [9.17, 15) is 0 Å². The van der Waals surface area contributed by atoms with Crippen molar-refractivity contribution < 1.29 is 9.47 Å². The zero-order valence-electron chi connectivity index (χ0n) is 11.5. The maximum atomic E-state index is 5.26. The molecule has 0 unspecified atom stereocenters. The summed E-state index contributed by atoms with van der Waals surface area (Å²) in [6.45, 7) is 5.11. The Morgan fingerprint density at radius 3 is 2.22 bits per heavy atom. The molecule has 1 saturated carbocycles. The summed E-state index contributed by atoms with van der Waals surface area (Å²) in [6.07, 6.45) is 4.06. The largest absolute Gasteiger partial charge is 0.481 e. The van der Waals surface area contributed by atoms with E-state index in [1.54, 1.807) is 14.2 Å². The molecule has 5 nitrogen and oxygen atoms in total. The van der Waals surface area contributed by atoms with Gasteiger partial charge in [0.2, 0.25) is 11.8 Å². The topological polar surface area (TPSA) is 56.3 Å². The molecule has 0 atom stereocenters. The average molecular weight is 251 g/mol. The van der Waals surface area contributed by atoms with Crippen molar-refractivity contribution in [1.29, 1.82) is 0 Å². The summed E-state index contributed by atoms with van der Waals surface area (Å²) in [7, 11) is 3.22. The standard InChI is InChI=1S/C13H21N3O2/c1-13(2,9-5-6-9)16-7-10-11(17-3)14-8-15-12(10)18-4/h8-9,16H,5-7H2,1-4H3. The first-order valence-corrected chi connectivity index (χ1v) is 6.25. The molecule has 0 spiro atoms. The van der Waals surface area contributed by atoms with Gasteiger partial charge < -0.3 is 14.8 Å². The lowest BCUT2D eigenvalue weighted by atomic mass is 9.98. The molecule has 1 heterocycles. The number of methoxy groups -OCH3 is 2. The maximum absolute atomic E-state index is 5.26. The number of aromatic nitrogens is 2. The molecule has 2 rings (SSSR count). The summed E-state index contributed by atoms with van der Waals surface area (Å²) < 4.78 is 10.5. The number of hydrogen-bond donors (Lipinski definition) is 1. The Hall–Kier alpha value is -1.36. The maximum Gasteiger partial charge on any atom is 0.224 e. The number of nitrogens with one attached hydrogen (secondary N) is 1. The van der Waals surface area contributed by atoms with Gasteiger partial charge in [0.1, 0.15) is 6.33 Å². The number of hydrogen-bond acceptors (Lipinski definition) is 5. The Morgan fingerprint density at radius 1 is 1.22 bits per heavy atom. The average Bonchev–Trinajstić information content (AvgIpc) is 3.20. The second kappa shape index (κ2) is 5.10. The molecule has 1 fully saturated rings. The molecule has 0 radical (unpaired) electrons. The van der Waals surface area contributed by atoms with Gasteiger partial charge in [0.05, 0.1) is 19.8 Å². The van der Waals surface area contributed by atoms with Crippen LogP contribution >= 0.6 is 0 Å². The molecule has 1 aromatic heterocycles. The molecule has 1 aromatic rings. The minimum atomic E-state index is 0.131. The zero-order chi connectivity index (χ0) is 13.2. The van der Waals surface area contributed by atoms with Crippen LogP contribution in [0.25, 0.3) is 0 Å². The quantitative estimate of drug-likeness (QED) is 0.835.